The predicted octanol–water partition coefficient (Wildman–Crippen LogP) is 2.28. The quantitative estimate of drug-likeness (QED) is 0.613. The number of thioether (sulfide) groups is 1. The molecule has 1 aliphatic carbocycles. The summed E-state index contributed by atoms with van der Waals surface area (Å²) in [5.41, 5.74) is 0.743. The number of aliphatic carboxylic acids is 1. The van der Waals surface area contributed by atoms with Crippen LogP contribution in [0.3, 0.4) is 0 Å². The fourth-order valence-corrected chi connectivity index (χ4v) is 3.57. The molecule has 25 heavy (non-hydrogen) atoms. The lowest BCUT2D eigenvalue weighted by Gasteiger charge is -2.42. The number of carboxylic acid groups (broad SMARTS) is 1. The third kappa shape index (κ3) is 5.61. The molecule has 0 aromatic heterocycles. The van der Waals surface area contributed by atoms with Gasteiger partial charge in [0.1, 0.15) is 5.82 Å². The third-order valence-corrected chi connectivity index (χ3v) is 5.23. The molecule has 6 nitrogen and oxygen atoms in total. The summed E-state index contributed by atoms with van der Waals surface area (Å²) in [6, 6.07) is 4.48. The van der Waals surface area contributed by atoms with Crippen LogP contribution in [0, 0.1) is 5.82 Å². The van der Waals surface area contributed by atoms with Crippen molar-refractivity contribution in [2.75, 3.05) is 19.3 Å². The molecule has 1 aromatic carbocycles. The lowest BCUT2D eigenvalue weighted by molar-refractivity contribution is -0.139. The zero-order chi connectivity index (χ0) is 18.4. The van der Waals surface area contributed by atoms with Gasteiger partial charge in [-0.05, 0) is 49.4 Å². The van der Waals surface area contributed by atoms with Crippen molar-refractivity contribution in [3.63, 3.8) is 0 Å². The summed E-state index contributed by atoms with van der Waals surface area (Å²) < 4.78 is 13.3. The topological polar surface area (TPSA) is 81.7 Å². The summed E-state index contributed by atoms with van der Waals surface area (Å²) >= 11 is 1.50. The van der Waals surface area contributed by atoms with Crippen molar-refractivity contribution < 1.29 is 19.1 Å². The van der Waals surface area contributed by atoms with Gasteiger partial charge >= 0.3 is 12.0 Å². The number of carbonyl (C=O) groups excluding carboxylic acids is 1. The zero-order valence-electron chi connectivity index (χ0n) is 14.4. The maximum Gasteiger partial charge on any atom is 0.317 e. The molecule has 8 heteroatoms. The molecule has 2 amide bonds. The Morgan fingerprint density at radius 3 is 2.72 bits per heavy atom. The van der Waals surface area contributed by atoms with Crippen molar-refractivity contribution in [2.24, 2.45) is 0 Å². The summed E-state index contributed by atoms with van der Waals surface area (Å²) in [6.07, 6.45) is 3.39. The highest BCUT2D eigenvalue weighted by Gasteiger charge is 2.34. The number of halogens is 1. The molecule has 0 unspecified atom stereocenters. The number of amides is 2. The second-order valence-corrected chi connectivity index (χ2v) is 6.91. The molecular weight excluding hydrogens is 345 g/mol. The fraction of sp³-hybridized carbons (Fsp3) is 0.529. The number of hydrogen-bond donors (Lipinski definition) is 3. The number of rotatable bonds is 8. The second kappa shape index (κ2) is 9.05. The van der Waals surface area contributed by atoms with Crippen molar-refractivity contribution in [1.29, 1.82) is 0 Å². The van der Waals surface area contributed by atoms with Crippen LogP contribution in [0.2, 0.25) is 0 Å². The molecule has 2 rings (SSSR count). The van der Waals surface area contributed by atoms with E-state index >= 15 is 0 Å². The van der Waals surface area contributed by atoms with Gasteiger partial charge in [0.25, 0.3) is 0 Å². The van der Waals surface area contributed by atoms with Crippen LogP contribution in [-0.4, -0.2) is 53.4 Å². The molecule has 0 atom stereocenters. The first kappa shape index (κ1) is 19.5. The standard InChI is InChI=1S/C17H24FN3O3S/c1-3-21(10-16(22)23)14-7-13(8-14)20-17(24)19-9-11-6-12(18)4-5-15(11)25-2/h4-6,13-14H,3,7-10H2,1-2H3,(H,22,23)(H2,19,20,24). The van der Waals surface area contributed by atoms with E-state index in [4.69, 9.17) is 5.11 Å². The molecule has 0 radical (unpaired) electrons. The number of nitrogens with one attached hydrogen (secondary N) is 2. The average molecular weight is 369 g/mol. The molecule has 1 saturated carbocycles. The smallest absolute Gasteiger partial charge is 0.317 e. The highest BCUT2D eigenvalue weighted by molar-refractivity contribution is 7.98. The molecule has 1 fully saturated rings. The Labute approximate surface area is 151 Å². The highest BCUT2D eigenvalue weighted by atomic mass is 32.2. The number of carbonyl (C=O) groups is 2. The number of hydrogen-bond acceptors (Lipinski definition) is 4. The highest BCUT2D eigenvalue weighted by Crippen LogP contribution is 2.25. The van der Waals surface area contributed by atoms with Gasteiger partial charge in [0.05, 0.1) is 6.54 Å². The summed E-state index contributed by atoms with van der Waals surface area (Å²) in [4.78, 5) is 25.6. The van der Waals surface area contributed by atoms with Crippen molar-refractivity contribution >= 4 is 23.8 Å². The summed E-state index contributed by atoms with van der Waals surface area (Å²) in [5, 5.41) is 14.5. The van der Waals surface area contributed by atoms with Crippen LogP contribution in [0.4, 0.5) is 9.18 Å². The molecule has 0 bridgehead atoms. The van der Waals surface area contributed by atoms with Gasteiger partial charge in [0, 0.05) is 23.5 Å². The van der Waals surface area contributed by atoms with Crippen molar-refractivity contribution in [2.45, 2.75) is 43.3 Å². The number of benzene rings is 1. The maximum absolute atomic E-state index is 13.3. The van der Waals surface area contributed by atoms with Gasteiger partial charge in [0.2, 0.25) is 0 Å². The molecule has 0 aliphatic heterocycles. The van der Waals surface area contributed by atoms with Crippen LogP contribution in [0.25, 0.3) is 0 Å². The van der Waals surface area contributed by atoms with E-state index in [0.717, 1.165) is 23.3 Å². The van der Waals surface area contributed by atoms with E-state index in [0.29, 0.717) is 6.54 Å². The SMILES string of the molecule is CCN(CC(=O)O)C1CC(NC(=O)NCc2cc(F)ccc2SC)C1. The van der Waals surface area contributed by atoms with Gasteiger partial charge in [-0.3, -0.25) is 9.69 Å². The Kier molecular flexibility index (Phi) is 7.07. The Morgan fingerprint density at radius 1 is 1.40 bits per heavy atom. The van der Waals surface area contributed by atoms with E-state index in [1.807, 2.05) is 18.1 Å². The number of urea groups is 1. The Balaban J connectivity index is 1.75. The van der Waals surface area contributed by atoms with Gasteiger partial charge < -0.3 is 15.7 Å². The summed E-state index contributed by atoms with van der Waals surface area (Å²) in [5.74, 6) is -1.16. The van der Waals surface area contributed by atoms with Crippen LogP contribution in [-0.2, 0) is 11.3 Å². The van der Waals surface area contributed by atoms with Crippen LogP contribution in [0.15, 0.2) is 23.1 Å². The van der Waals surface area contributed by atoms with E-state index in [1.165, 1.54) is 23.9 Å². The van der Waals surface area contributed by atoms with Gasteiger partial charge in [-0.25, -0.2) is 9.18 Å². The lowest BCUT2D eigenvalue weighted by Crippen LogP contribution is -2.56. The van der Waals surface area contributed by atoms with E-state index in [2.05, 4.69) is 10.6 Å². The maximum atomic E-state index is 13.3. The molecule has 0 heterocycles. The predicted molar refractivity (Wildman–Crippen MR) is 95.2 cm³/mol. The molecule has 3 N–H and O–H groups in total. The van der Waals surface area contributed by atoms with E-state index in [1.54, 1.807) is 6.07 Å². The van der Waals surface area contributed by atoms with Crippen LogP contribution < -0.4 is 10.6 Å². The van der Waals surface area contributed by atoms with Crippen LogP contribution >= 0.6 is 11.8 Å². The largest absolute Gasteiger partial charge is 0.480 e. The fourth-order valence-electron chi connectivity index (χ4n) is 2.97. The first-order valence-electron chi connectivity index (χ1n) is 8.25. The summed E-state index contributed by atoms with van der Waals surface area (Å²) in [6.45, 7) is 2.89. The van der Waals surface area contributed by atoms with Crippen LogP contribution in [0.1, 0.15) is 25.3 Å². The van der Waals surface area contributed by atoms with Crippen molar-refractivity contribution in [3.05, 3.63) is 29.6 Å². The molecular formula is C17H24FN3O3S. The van der Waals surface area contributed by atoms with E-state index < -0.39 is 5.97 Å². The van der Waals surface area contributed by atoms with Crippen molar-refractivity contribution in [3.8, 4) is 0 Å². The minimum atomic E-state index is -0.837. The minimum absolute atomic E-state index is 0.0249. The second-order valence-electron chi connectivity index (χ2n) is 6.06. The average Bonchev–Trinajstić information content (AvgIpc) is 2.54. The number of nitrogens with zero attached hydrogens (tertiary/aromatic N) is 1. The molecule has 0 saturated heterocycles. The van der Waals surface area contributed by atoms with E-state index in [9.17, 15) is 14.0 Å². The van der Waals surface area contributed by atoms with Gasteiger partial charge in [-0.15, -0.1) is 11.8 Å². The van der Waals surface area contributed by atoms with Crippen molar-refractivity contribution in [1.82, 2.24) is 15.5 Å². The Morgan fingerprint density at radius 2 is 2.12 bits per heavy atom. The normalized spacial score (nSPS) is 19.4. The first-order valence-corrected chi connectivity index (χ1v) is 9.48. The number of carboxylic acids is 1. The molecule has 1 aliphatic rings. The van der Waals surface area contributed by atoms with E-state index in [-0.39, 0.29) is 37.0 Å². The number of likely N-dealkylation sites (N-methyl/N-ethyl adjacent to an activating group) is 1. The van der Waals surface area contributed by atoms with Gasteiger partial charge in [0.15, 0.2) is 0 Å². The van der Waals surface area contributed by atoms with Crippen LogP contribution in [0.5, 0.6) is 0 Å². The molecule has 138 valence electrons. The Hall–Kier alpha value is -1.80. The third-order valence-electron chi connectivity index (χ3n) is 4.39. The lowest BCUT2D eigenvalue weighted by atomic mass is 9.85. The minimum Gasteiger partial charge on any atom is -0.480 e. The summed E-state index contributed by atoms with van der Waals surface area (Å²) in [7, 11) is 0. The van der Waals surface area contributed by atoms with Gasteiger partial charge in [-0.1, -0.05) is 6.92 Å². The molecule has 1 aromatic rings. The van der Waals surface area contributed by atoms with Gasteiger partial charge in [-0.2, -0.15) is 0 Å². The molecule has 0 spiro atoms. The zero-order valence-corrected chi connectivity index (χ0v) is 15.2. The first-order chi connectivity index (χ1) is 11.9. The monoisotopic (exact) mass is 369 g/mol. The Bertz CT molecular complexity index is 623.